The molecule has 0 heterocycles. The van der Waals surface area contributed by atoms with Gasteiger partial charge < -0.3 is 10.8 Å². The number of nitrogens with two attached hydrogens (primary N) is 1. The number of fused-ring (bicyclic) bond motifs is 1. The van der Waals surface area contributed by atoms with Gasteiger partial charge in [0.15, 0.2) is 0 Å². The zero-order valence-corrected chi connectivity index (χ0v) is 8.38. The lowest BCUT2D eigenvalue weighted by molar-refractivity contribution is 0.476. The van der Waals surface area contributed by atoms with Gasteiger partial charge in [-0.1, -0.05) is 22.0 Å². The fraction of sp³-hybridized carbons (Fsp3) is 0. The molecule has 0 atom stereocenters. The van der Waals surface area contributed by atoms with E-state index >= 15 is 0 Å². The van der Waals surface area contributed by atoms with Crippen LogP contribution in [-0.4, -0.2) is 5.11 Å². The van der Waals surface area contributed by atoms with Crippen molar-refractivity contribution in [3.63, 3.8) is 0 Å². The number of nitrogen functional groups attached to an aromatic ring is 1. The van der Waals surface area contributed by atoms with Crippen LogP contribution in [0.4, 0.5) is 5.69 Å². The predicted molar refractivity (Wildman–Crippen MR) is 57.7 cm³/mol. The molecule has 2 rings (SSSR count). The van der Waals surface area contributed by atoms with E-state index < -0.39 is 0 Å². The smallest absolute Gasteiger partial charge is 0.118 e. The number of rotatable bonds is 0. The van der Waals surface area contributed by atoms with E-state index in [9.17, 15) is 5.11 Å². The fourth-order valence-corrected chi connectivity index (χ4v) is 1.70. The number of halogens is 1. The van der Waals surface area contributed by atoms with Crippen molar-refractivity contribution in [1.29, 1.82) is 0 Å². The first kappa shape index (κ1) is 8.38. The predicted octanol–water partition coefficient (Wildman–Crippen LogP) is 2.89. The van der Waals surface area contributed by atoms with Crippen molar-refractivity contribution in [3.8, 4) is 5.75 Å². The molecule has 0 aliphatic rings. The maximum atomic E-state index is 9.29. The third kappa shape index (κ3) is 1.47. The van der Waals surface area contributed by atoms with Crippen LogP contribution in [0.5, 0.6) is 5.75 Å². The first-order valence-electron chi connectivity index (χ1n) is 3.84. The molecule has 0 aliphatic heterocycles. The molecule has 2 aromatic carbocycles. The summed E-state index contributed by atoms with van der Waals surface area (Å²) in [5, 5.41) is 11.2. The summed E-state index contributed by atoms with van der Waals surface area (Å²) in [5.41, 5.74) is 6.34. The molecule has 0 fully saturated rings. The maximum absolute atomic E-state index is 9.29. The van der Waals surface area contributed by atoms with E-state index in [1.54, 1.807) is 12.1 Å². The van der Waals surface area contributed by atoms with Crippen LogP contribution in [0.25, 0.3) is 10.8 Å². The normalized spacial score (nSPS) is 10.5. The van der Waals surface area contributed by atoms with Crippen molar-refractivity contribution in [2.75, 3.05) is 5.73 Å². The van der Waals surface area contributed by atoms with Crippen LogP contribution in [-0.2, 0) is 0 Å². The summed E-state index contributed by atoms with van der Waals surface area (Å²) in [7, 11) is 0. The molecule has 0 saturated carbocycles. The van der Waals surface area contributed by atoms with Crippen molar-refractivity contribution in [2.45, 2.75) is 0 Å². The van der Waals surface area contributed by atoms with Crippen LogP contribution in [0.1, 0.15) is 0 Å². The van der Waals surface area contributed by atoms with Gasteiger partial charge in [0.2, 0.25) is 0 Å². The third-order valence-corrected chi connectivity index (χ3v) is 2.43. The van der Waals surface area contributed by atoms with Gasteiger partial charge in [0.25, 0.3) is 0 Å². The zero-order chi connectivity index (χ0) is 9.42. The van der Waals surface area contributed by atoms with Gasteiger partial charge in [-0.25, -0.2) is 0 Å². The van der Waals surface area contributed by atoms with Crippen LogP contribution in [0.2, 0.25) is 0 Å². The second-order valence-electron chi connectivity index (χ2n) is 2.90. The highest BCUT2D eigenvalue weighted by Gasteiger charge is 2.00. The Hall–Kier alpha value is -1.22. The van der Waals surface area contributed by atoms with E-state index in [4.69, 9.17) is 5.73 Å². The zero-order valence-electron chi connectivity index (χ0n) is 6.79. The second kappa shape index (κ2) is 2.92. The van der Waals surface area contributed by atoms with Gasteiger partial charge in [-0.15, -0.1) is 0 Å². The van der Waals surface area contributed by atoms with E-state index in [2.05, 4.69) is 15.9 Å². The lowest BCUT2D eigenvalue weighted by Crippen LogP contribution is -1.86. The van der Waals surface area contributed by atoms with Crippen LogP contribution in [0, 0.1) is 0 Å². The third-order valence-electron chi connectivity index (χ3n) is 1.93. The molecular formula is C10H8BrNO. The minimum absolute atomic E-state index is 0.201. The molecule has 2 nitrogen and oxygen atoms in total. The van der Waals surface area contributed by atoms with Gasteiger partial charge in [-0.3, -0.25) is 0 Å². The Morgan fingerprint density at radius 1 is 1.15 bits per heavy atom. The molecule has 0 spiro atoms. The van der Waals surface area contributed by atoms with E-state index in [-0.39, 0.29) is 5.75 Å². The summed E-state index contributed by atoms with van der Waals surface area (Å²) >= 11 is 3.37. The van der Waals surface area contributed by atoms with Gasteiger partial charge in [0.05, 0.1) is 0 Å². The van der Waals surface area contributed by atoms with E-state index in [0.29, 0.717) is 5.69 Å². The van der Waals surface area contributed by atoms with Gasteiger partial charge in [-0.2, -0.15) is 0 Å². The highest BCUT2D eigenvalue weighted by atomic mass is 79.9. The van der Waals surface area contributed by atoms with Gasteiger partial charge in [-0.05, 0) is 23.6 Å². The standard InChI is InChI=1S/C10H8BrNO/c11-7-2-1-6-3-8(13)5-10(12)9(6)4-7/h1-5,13H,12H2. The Kier molecular flexibility index (Phi) is 1.88. The molecule has 0 radical (unpaired) electrons. The van der Waals surface area contributed by atoms with Crippen molar-refractivity contribution >= 4 is 32.4 Å². The Balaban J connectivity index is 2.87. The monoisotopic (exact) mass is 237 g/mol. The van der Waals surface area contributed by atoms with E-state index in [1.807, 2.05) is 18.2 Å². The Bertz CT molecular complexity index is 468. The number of benzene rings is 2. The van der Waals surface area contributed by atoms with Crippen LogP contribution in [0.15, 0.2) is 34.8 Å². The van der Waals surface area contributed by atoms with Crippen molar-refractivity contribution in [1.82, 2.24) is 0 Å². The molecule has 66 valence electrons. The summed E-state index contributed by atoms with van der Waals surface area (Å²) in [5.74, 6) is 0.201. The number of phenolic OH excluding ortho intramolecular Hbond substituents is 1. The van der Waals surface area contributed by atoms with Gasteiger partial charge in [0.1, 0.15) is 5.75 Å². The molecule has 0 saturated heterocycles. The quantitative estimate of drug-likeness (QED) is 0.693. The summed E-state index contributed by atoms with van der Waals surface area (Å²) in [6.07, 6.45) is 0. The molecular weight excluding hydrogens is 230 g/mol. The molecule has 2 aromatic rings. The number of aromatic hydroxyl groups is 1. The van der Waals surface area contributed by atoms with Crippen molar-refractivity contribution in [3.05, 3.63) is 34.8 Å². The number of hydrogen-bond acceptors (Lipinski definition) is 2. The highest BCUT2D eigenvalue weighted by Crippen LogP contribution is 2.28. The average Bonchev–Trinajstić information content (AvgIpc) is 2.06. The summed E-state index contributed by atoms with van der Waals surface area (Å²) in [6.45, 7) is 0. The Labute approximate surface area is 84.1 Å². The van der Waals surface area contributed by atoms with Crippen LogP contribution < -0.4 is 5.73 Å². The Morgan fingerprint density at radius 3 is 2.69 bits per heavy atom. The number of anilines is 1. The minimum Gasteiger partial charge on any atom is -0.508 e. The van der Waals surface area contributed by atoms with Crippen LogP contribution in [0.3, 0.4) is 0 Å². The summed E-state index contributed by atoms with van der Waals surface area (Å²) in [4.78, 5) is 0. The average molecular weight is 238 g/mol. The molecule has 0 aliphatic carbocycles. The molecule has 0 amide bonds. The minimum atomic E-state index is 0.201. The highest BCUT2D eigenvalue weighted by molar-refractivity contribution is 9.10. The number of hydrogen-bond donors (Lipinski definition) is 2. The molecule has 3 N–H and O–H groups in total. The largest absolute Gasteiger partial charge is 0.508 e. The Morgan fingerprint density at radius 2 is 1.92 bits per heavy atom. The fourth-order valence-electron chi connectivity index (χ4n) is 1.34. The summed E-state index contributed by atoms with van der Waals surface area (Å²) < 4.78 is 0.984. The second-order valence-corrected chi connectivity index (χ2v) is 3.82. The first-order chi connectivity index (χ1) is 6.16. The van der Waals surface area contributed by atoms with E-state index in [1.165, 1.54) is 0 Å². The molecule has 13 heavy (non-hydrogen) atoms. The SMILES string of the molecule is Nc1cc(O)cc2ccc(Br)cc12. The van der Waals surface area contributed by atoms with Crippen LogP contribution >= 0.6 is 15.9 Å². The molecule has 0 aromatic heterocycles. The molecule has 3 heteroatoms. The molecule has 0 unspecified atom stereocenters. The first-order valence-corrected chi connectivity index (χ1v) is 4.64. The molecule has 0 bridgehead atoms. The topological polar surface area (TPSA) is 46.2 Å². The van der Waals surface area contributed by atoms with Gasteiger partial charge in [0, 0.05) is 21.6 Å². The van der Waals surface area contributed by atoms with Gasteiger partial charge >= 0.3 is 0 Å². The lowest BCUT2D eigenvalue weighted by Gasteiger charge is -2.03. The van der Waals surface area contributed by atoms with Crippen molar-refractivity contribution < 1.29 is 5.11 Å². The number of phenols is 1. The van der Waals surface area contributed by atoms with Crippen molar-refractivity contribution in [2.24, 2.45) is 0 Å². The van der Waals surface area contributed by atoms with E-state index in [0.717, 1.165) is 15.2 Å². The summed E-state index contributed by atoms with van der Waals surface area (Å²) in [6, 6.07) is 9.01. The maximum Gasteiger partial charge on any atom is 0.118 e. The lowest BCUT2D eigenvalue weighted by atomic mass is 10.1.